The molecule has 0 heterocycles. The van der Waals surface area contributed by atoms with Gasteiger partial charge in [0.1, 0.15) is 5.82 Å². The van der Waals surface area contributed by atoms with Crippen LogP contribution in [0, 0.1) is 5.82 Å². The lowest BCUT2D eigenvalue weighted by Gasteiger charge is -2.10. The molecule has 0 spiro atoms. The topological polar surface area (TPSA) is 12.0 Å². The summed E-state index contributed by atoms with van der Waals surface area (Å²) in [6.07, 6.45) is 3.02. The molecule has 94 valence electrons. The zero-order valence-electron chi connectivity index (χ0n) is 10.6. The van der Waals surface area contributed by atoms with E-state index in [4.69, 9.17) is 0 Å². The van der Waals surface area contributed by atoms with Crippen molar-refractivity contribution in [1.82, 2.24) is 5.32 Å². The standard InChI is InChI=1S/C14H19BrFN/c1-4-11(9-17-10(2)3)7-12-5-6-13(15)14(16)8-12/h5-8,10,17H,4,9H2,1-3H3/b11-7-. The van der Waals surface area contributed by atoms with Crippen LogP contribution in [0.15, 0.2) is 28.2 Å². The van der Waals surface area contributed by atoms with E-state index in [1.54, 1.807) is 12.1 Å². The zero-order valence-corrected chi connectivity index (χ0v) is 12.1. The van der Waals surface area contributed by atoms with Gasteiger partial charge in [-0.3, -0.25) is 0 Å². The van der Waals surface area contributed by atoms with Gasteiger partial charge in [-0.15, -0.1) is 0 Å². The Morgan fingerprint density at radius 1 is 1.47 bits per heavy atom. The maximum absolute atomic E-state index is 13.4. The van der Waals surface area contributed by atoms with Gasteiger partial charge in [0.15, 0.2) is 0 Å². The molecule has 0 fully saturated rings. The fraction of sp³-hybridized carbons (Fsp3) is 0.429. The Morgan fingerprint density at radius 2 is 2.18 bits per heavy atom. The van der Waals surface area contributed by atoms with E-state index < -0.39 is 0 Å². The van der Waals surface area contributed by atoms with Crippen LogP contribution in [0.5, 0.6) is 0 Å². The molecule has 3 heteroatoms. The van der Waals surface area contributed by atoms with E-state index in [-0.39, 0.29) is 5.82 Å². The normalized spacial score (nSPS) is 12.2. The fourth-order valence-corrected chi connectivity index (χ4v) is 1.70. The third kappa shape index (κ3) is 5.00. The Morgan fingerprint density at radius 3 is 2.71 bits per heavy atom. The summed E-state index contributed by atoms with van der Waals surface area (Å²) in [5.74, 6) is -0.217. The molecule has 1 aromatic carbocycles. The second-order valence-corrected chi connectivity index (χ2v) is 5.22. The highest BCUT2D eigenvalue weighted by atomic mass is 79.9. The van der Waals surface area contributed by atoms with Crippen LogP contribution in [0.4, 0.5) is 4.39 Å². The summed E-state index contributed by atoms with van der Waals surface area (Å²) in [7, 11) is 0. The van der Waals surface area contributed by atoms with Gasteiger partial charge in [-0.1, -0.05) is 38.5 Å². The number of rotatable bonds is 5. The van der Waals surface area contributed by atoms with Crippen molar-refractivity contribution in [3.63, 3.8) is 0 Å². The van der Waals surface area contributed by atoms with Crippen molar-refractivity contribution >= 4 is 22.0 Å². The van der Waals surface area contributed by atoms with E-state index in [0.29, 0.717) is 10.5 Å². The summed E-state index contributed by atoms with van der Waals surface area (Å²) in [5, 5.41) is 3.37. The Hall–Kier alpha value is -0.670. The third-order valence-corrected chi connectivity index (χ3v) is 3.15. The first-order valence-electron chi connectivity index (χ1n) is 5.90. The number of nitrogens with one attached hydrogen (secondary N) is 1. The molecule has 1 nitrogen and oxygen atoms in total. The van der Waals surface area contributed by atoms with Crippen LogP contribution in [0.1, 0.15) is 32.8 Å². The van der Waals surface area contributed by atoms with E-state index >= 15 is 0 Å². The minimum atomic E-state index is -0.217. The molecule has 0 radical (unpaired) electrons. The molecule has 0 saturated heterocycles. The van der Waals surface area contributed by atoms with Crippen LogP contribution in [-0.2, 0) is 0 Å². The molecule has 0 aliphatic heterocycles. The van der Waals surface area contributed by atoms with Gasteiger partial charge in [0, 0.05) is 12.6 Å². The largest absolute Gasteiger partial charge is 0.311 e. The second-order valence-electron chi connectivity index (χ2n) is 4.37. The molecule has 0 aliphatic rings. The summed E-state index contributed by atoms with van der Waals surface area (Å²) in [6.45, 7) is 7.20. The van der Waals surface area contributed by atoms with Crippen LogP contribution in [0.3, 0.4) is 0 Å². The van der Waals surface area contributed by atoms with Gasteiger partial charge in [0.2, 0.25) is 0 Å². The first-order chi connectivity index (χ1) is 8.02. The number of hydrogen-bond acceptors (Lipinski definition) is 1. The van der Waals surface area contributed by atoms with Crippen LogP contribution >= 0.6 is 15.9 Å². The summed E-state index contributed by atoms with van der Waals surface area (Å²) in [5.41, 5.74) is 2.19. The molecule has 0 aromatic heterocycles. The SMILES string of the molecule is CC/C(=C/c1ccc(Br)c(F)c1)CNC(C)C. The molecule has 1 rings (SSSR count). The lowest BCUT2D eigenvalue weighted by atomic mass is 10.1. The summed E-state index contributed by atoms with van der Waals surface area (Å²) in [4.78, 5) is 0. The second kappa shape index (κ2) is 6.92. The van der Waals surface area contributed by atoms with Crippen molar-refractivity contribution < 1.29 is 4.39 Å². The highest BCUT2D eigenvalue weighted by Crippen LogP contribution is 2.18. The average Bonchev–Trinajstić information content (AvgIpc) is 2.28. The maximum atomic E-state index is 13.4. The van der Waals surface area contributed by atoms with Crippen molar-refractivity contribution in [2.45, 2.75) is 33.2 Å². The van der Waals surface area contributed by atoms with Crippen molar-refractivity contribution in [3.8, 4) is 0 Å². The summed E-state index contributed by atoms with van der Waals surface area (Å²) >= 11 is 3.15. The predicted molar refractivity (Wildman–Crippen MR) is 75.5 cm³/mol. The van der Waals surface area contributed by atoms with Gasteiger partial charge in [0.05, 0.1) is 4.47 Å². The predicted octanol–water partition coefficient (Wildman–Crippen LogP) is 4.38. The lowest BCUT2D eigenvalue weighted by molar-refractivity contribution is 0.616. The van der Waals surface area contributed by atoms with Gasteiger partial charge in [-0.2, -0.15) is 0 Å². The molecular formula is C14H19BrFN. The van der Waals surface area contributed by atoms with Crippen molar-refractivity contribution in [1.29, 1.82) is 0 Å². The molecular weight excluding hydrogens is 281 g/mol. The van der Waals surface area contributed by atoms with Gasteiger partial charge in [-0.25, -0.2) is 4.39 Å². The van der Waals surface area contributed by atoms with E-state index in [0.717, 1.165) is 18.5 Å². The van der Waals surface area contributed by atoms with Gasteiger partial charge >= 0.3 is 0 Å². The van der Waals surface area contributed by atoms with Crippen LogP contribution in [0.2, 0.25) is 0 Å². The Labute approximate surface area is 111 Å². The quantitative estimate of drug-likeness (QED) is 0.851. The van der Waals surface area contributed by atoms with Crippen LogP contribution in [0.25, 0.3) is 6.08 Å². The minimum Gasteiger partial charge on any atom is -0.311 e. The zero-order chi connectivity index (χ0) is 12.8. The highest BCUT2D eigenvalue weighted by molar-refractivity contribution is 9.10. The number of halogens is 2. The fourth-order valence-electron chi connectivity index (χ4n) is 1.45. The molecule has 1 N–H and O–H groups in total. The van der Waals surface area contributed by atoms with Gasteiger partial charge in [0.25, 0.3) is 0 Å². The van der Waals surface area contributed by atoms with Gasteiger partial charge in [-0.05, 0) is 40.0 Å². The highest BCUT2D eigenvalue weighted by Gasteiger charge is 2.01. The van der Waals surface area contributed by atoms with Crippen molar-refractivity contribution in [3.05, 3.63) is 39.6 Å². The summed E-state index contributed by atoms with van der Waals surface area (Å²) < 4.78 is 13.9. The number of benzene rings is 1. The number of hydrogen-bond donors (Lipinski definition) is 1. The molecule has 0 saturated carbocycles. The molecule has 0 atom stereocenters. The maximum Gasteiger partial charge on any atom is 0.137 e. The molecule has 0 unspecified atom stereocenters. The van der Waals surface area contributed by atoms with Crippen LogP contribution < -0.4 is 5.32 Å². The molecule has 1 aromatic rings. The Kier molecular flexibility index (Phi) is 5.86. The van der Waals surface area contributed by atoms with Crippen molar-refractivity contribution in [2.24, 2.45) is 0 Å². The van der Waals surface area contributed by atoms with Gasteiger partial charge < -0.3 is 5.32 Å². The van der Waals surface area contributed by atoms with E-state index in [1.165, 1.54) is 5.57 Å². The van der Waals surface area contributed by atoms with E-state index in [2.05, 4.69) is 42.0 Å². The Bertz CT molecular complexity index is 399. The molecule has 0 aliphatic carbocycles. The monoisotopic (exact) mass is 299 g/mol. The minimum absolute atomic E-state index is 0.217. The van der Waals surface area contributed by atoms with Crippen LogP contribution in [-0.4, -0.2) is 12.6 Å². The molecule has 17 heavy (non-hydrogen) atoms. The van der Waals surface area contributed by atoms with E-state index in [9.17, 15) is 4.39 Å². The molecule has 0 bridgehead atoms. The molecule has 0 amide bonds. The first kappa shape index (κ1) is 14.4. The van der Waals surface area contributed by atoms with E-state index in [1.807, 2.05) is 12.1 Å². The smallest absolute Gasteiger partial charge is 0.137 e. The third-order valence-electron chi connectivity index (χ3n) is 2.51. The van der Waals surface area contributed by atoms with Crippen molar-refractivity contribution in [2.75, 3.05) is 6.54 Å². The summed E-state index contributed by atoms with van der Waals surface area (Å²) in [6, 6.07) is 5.67. The average molecular weight is 300 g/mol. The first-order valence-corrected chi connectivity index (χ1v) is 6.70. The lowest BCUT2D eigenvalue weighted by Crippen LogP contribution is -2.24. The Balaban J connectivity index is 2.79.